The van der Waals surface area contributed by atoms with Crippen molar-refractivity contribution < 1.29 is 19.4 Å². The smallest absolute Gasteiger partial charge is 0.313 e. The maximum absolute atomic E-state index is 11.3. The standard InChI is InChI=1S/C9H16N2O4/c1-5(10)7(12)11-6-3-15-4-9(6,2)8(13)14/h5-6H,3-4,10H2,1-2H3,(H,11,12)(H,13,14)/t5-,6?,9?/m0/s1. The van der Waals surface area contributed by atoms with Gasteiger partial charge in [-0.05, 0) is 13.8 Å². The Morgan fingerprint density at radius 3 is 2.73 bits per heavy atom. The summed E-state index contributed by atoms with van der Waals surface area (Å²) in [5.41, 5.74) is 4.31. The van der Waals surface area contributed by atoms with Gasteiger partial charge in [0.05, 0.1) is 25.3 Å². The second-order valence-corrected chi connectivity index (χ2v) is 4.09. The monoisotopic (exact) mass is 216 g/mol. The van der Waals surface area contributed by atoms with Gasteiger partial charge in [-0.1, -0.05) is 0 Å². The van der Waals surface area contributed by atoms with Gasteiger partial charge in [0.15, 0.2) is 0 Å². The molecule has 0 saturated carbocycles. The van der Waals surface area contributed by atoms with Crippen LogP contribution in [-0.4, -0.2) is 42.3 Å². The molecule has 0 spiro atoms. The molecule has 0 aromatic rings. The number of rotatable bonds is 3. The van der Waals surface area contributed by atoms with Gasteiger partial charge in [0, 0.05) is 0 Å². The minimum absolute atomic E-state index is 0.103. The van der Waals surface area contributed by atoms with Gasteiger partial charge < -0.3 is 20.9 Å². The minimum Gasteiger partial charge on any atom is -0.481 e. The Hall–Kier alpha value is -1.14. The third kappa shape index (κ3) is 2.27. The molecule has 1 aliphatic rings. The summed E-state index contributed by atoms with van der Waals surface area (Å²) in [5, 5.41) is 11.6. The van der Waals surface area contributed by atoms with E-state index in [1.54, 1.807) is 13.8 Å². The fraction of sp³-hybridized carbons (Fsp3) is 0.778. The van der Waals surface area contributed by atoms with Crippen LogP contribution in [0.5, 0.6) is 0 Å². The van der Waals surface area contributed by atoms with Gasteiger partial charge in [0.25, 0.3) is 0 Å². The summed E-state index contributed by atoms with van der Waals surface area (Å²) in [6, 6.07) is -1.17. The molecular formula is C9H16N2O4. The highest BCUT2D eigenvalue weighted by Gasteiger charge is 2.47. The highest BCUT2D eigenvalue weighted by Crippen LogP contribution is 2.28. The van der Waals surface area contributed by atoms with Crippen molar-refractivity contribution in [3.05, 3.63) is 0 Å². The molecule has 0 radical (unpaired) electrons. The summed E-state index contributed by atoms with van der Waals surface area (Å²) >= 11 is 0. The van der Waals surface area contributed by atoms with Gasteiger partial charge in [-0.3, -0.25) is 9.59 Å². The van der Waals surface area contributed by atoms with Gasteiger partial charge in [-0.25, -0.2) is 0 Å². The maximum Gasteiger partial charge on any atom is 0.313 e. The molecule has 4 N–H and O–H groups in total. The van der Waals surface area contributed by atoms with E-state index in [-0.39, 0.29) is 19.1 Å². The zero-order valence-corrected chi connectivity index (χ0v) is 8.82. The number of hydrogen-bond donors (Lipinski definition) is 3. The molecular weight excluding hydrogens is 200 g/mol. The summed E-state index contributed by atoms with van der Waals surface area (Å²) in [5.74, 6) is -1.34. The molecule has 1 rings (SSSR count). The van der Waals surface area contributed by atoms with Crippen molar-refractivity contribution in [2.24, 2.45) is 11.1 Å². The van der Waals surface area contributed by atoms with Crippen LogP contribution in [0.3, 0.4) is 0 Å². The topological polar surface area (TPSA) is 102 Å². The van der Waals surface area contributed by atoms with Crippen molar-refractivity contribution in [1.82, 2.24) is 5.32 Å². The molecule has 2 unspecified atom stereocenters. The van der Waals surface area contributed by atoms with Gasteiger partial charge in [-0.2, -0.15) is 0 Å². The van der Waals surface area contributed by atoms with Crippen LogP contribution >= 0.6 is 0 Å². The zero-order valence-electron chi connectivity index (χ0n) is 8.82. The predicted octanol–water partition coefficient (Wildman–Crippen LogP) is -1.06. The first-order valence-corrected chi connectivity index (χ1v) is 4.75. The lowest BCUT2D eigenvalue weighted by Crippen LogP contribution is -2.53. The lowest BCUT2D eigenvalue weighted by atomic mass is 9.85. The van der Waals surface area contributed by atoms with E-state index >= 15 is 0 Å². The van der Waals surface area contributed by atoms with Crippen molar-refractivity contribution in [3.8, 4) is 0 Å². The third-order valence-corrected chi connectivity index (χ3v) is 2.67. The Morgan fingerprint density at radius 2 is 2.27 bits per heavy atom. The lowest BCUT2D eigenvalue weighted by molar-refractivity contribution is -0.149. The number of nitrogens with one attached hydrogen (secondary N) is 1. The average Bonchev–Trinajstić information content (AvgIpc) is 2.49. The molecule has 0 bridgehead atoms. The van der Waals surface area contributed by atoms with Crippen molar-refractivity contribution >= 4 is 11.9 Å². The number of carbonyl (C=O) groups is 2. The summed E-state index contributed by atoms with van der Waals surface area (Å²) in [4.78, 5) is 22.3. The van der Waals surface area contributed by atoms with Crippen molar-refractivity contribution in [2.45, 2.75) is 25.9 Å². The van der Waals surface area contributed by atoms with E-state index in [1.807, 2.05) is 0 Å². The number of hydrogen-bond acceptors (Lipinski definition) is 4. The molecule has 1 aliphatic heterocycles. The van der Waals surface area contributed by atoms with E-state index in [9.17, 15) is 9.59 Å². The number of carboxylic acids is 1. The molecule has 0 aliphatic carbocycles. The normalized spacial score (nSPS) is 32.3. The van der Waals surface area contributed by atoms with E-state index in [0.29, 0.717) is 0 Å². The van der Waals surface area contributed by atoms with Crippen molar-refractivity contribution in [1.29, 1.82) is 0 Å². The van der Waals surface area contributed by atoms with Gasteiger partial charge in [0.1, 0.15) is 5.41 Å². The van der Waals surface area contributed by atoms with E-state index in [0.717, 1.165) is 0 Å². The first-order valence-electron chi connectivity index (χ1n) is 4.75. The van der Waals surface area contributed by atoms with E-state index in [2.05, 4.69) is 5.32 Å². The molecule has 86 valence electrons. The Kier molecular flexibility index (Phi) is 3.31. The van der Waals surface area contributed by atoms with Crippen LogP contribution in [0, 0.1) is 5.41 Å². The Balaban J connectivity index is 2.70. The molecule has 1 saturated heterocycles. The molecule has 6 nitrogen and oxygen atoms in total. The quantitative estimate of drug-likeness (QED) is 0.558. The molecule has 6 heteroatoms. The summed E-state index contributed by atoms with van der Waals surface area (Å²) < 4.78 is 5.08. The van der Waals surface area contributed by atoms with Gasteiger partial charge in [-0.15, -0.1) is 0 Å². The van der Waals surface area contributed by atoms with E-state index in [1.165, 1.54) is 0 Å². The molecule has 0 aromatic heterocycles. The number of ether oxygens (including phenoxy) is 1. The fourth-order valence-corrected chi connectivity index (χ4v) is 1.39. The number of aliphatic carboxylic acids is 1. The number of carbonyl (C=O) groups excluding carboxylic acids is 1. The summed E-state index contributed by atoms with van der Waals surface area (Å²) in [7, 11) is 0. The van der Waals surface area contributed by atoms with Crippen molar-refractivity contribution in [3.63, 3.8) is 0 Å². The second-order valence-electron chi connectivity index (χ2n) is 4.09. The summed E-state index contributed by atoms with van der Waals surface area (Å²) in [6.07, 6.45) is 0. The number of amides is 1. The van der Waals surface area contributed by atoms with E-state index < -0.39 is 23.5 Å². The van der Waals surface area contributed by atoms with Gasteiger partial charge in [0.2, 0.25) is 5.91 Å². The van der Waals surface area contributed by atoms with Crippen LogP contribution in [0.15, 0.2) is 0 Å². The molecule has 1 fully saturated rings. The first-order chi connectivity index (χ1) is 6.88. The van der Waals surface area contributed by atoms with Crippen LogP contribution in [0.2, 0.25) is 0 Å². The van der Waals surface area contributed by atoms with E-state index in [4.69, 9.17) is 15.6 Å². The highest BCUT2D eigenvalue weighted by atomic mass is 16.5. The van der Waals surface area contributed by atoms with Crippen LogP contribution in [-0.2, 0) is 14.3 Å². The first kappa shape index (κ1) is 11.9. The predicted molar refractivity (Wildman–Crippen MR) is 52.1 cm³/mol. The molecule has 3 atom stereocenters. The Bertz CT molecular complexity index is 279. The van der Waals surface area contributed by atoms with Crippen LogP contribution < -0.4 is 11.1 Å². The molecule has 1 amide bonds. The molecule has 1 heterocycles. The van der Waals surface area contributed by atoms with Gasteiger partial charge >= 0.3 is 5.97 Å². The molecule has 0 aromatic carbocycles. The van der Waals surface area contributed by atoms with Crippen LogP contribution in [0.25, 0.3) is 0 Å². The van der Waals surface area contributed by atoms with Crippen LogP contribution in [0.4, 0.5) is 0 Å². The third-order valence-electron chi connectivity index (χ3n) is 2.67. The average molecular weight is 216 g/mol. The zero-order chi connectivity index (χ0) is 11.6. The second kappa shape index (κ2) is 4.16. The van der Waals surface area contributed by atoms with Crippen molar-refractivity contribution in [2.75, 3.05) is 13.2 Å². The Morgan fingerprint density at radius 1 is 1.67 bits per heavy atom. The Labute approximate surface area is 87.8 Å². The highest BCUT2D eigenvalue weighted by molar-refractivity contribution is 5.83. The summed E-state index contributed by atoms with van der Waals surface area (Å²) in [6.45, 7) is 3.41. The molecule has 15 heavy (non-hydrogen) atoms. The number of carboxylic acid groups (broad SMARTS) is 1. The fourth-order valence-electron chi connectivity index (χ4n) is 1.39. The maximum atomic E-state index is 11.3. The number of nitrogens with two attached hydrogens (primary N) is 1. The van der Waals surface area contributed by atoms with Crippen LogP contribution in [0.1, 0.15) is 13.8 Å². The lowest BCUT2D eigenvalue weighted by Gasteiger charge is -2.26. The minimum atomic E-state index is -1.06. The SMILES string of the molecule is C[C@H](N)C(=O)NC1COCC1(C)C(=O)O. The largest absolute Gasteiger partial charge is 0.481 e.